The second-order valence-corrected chi connectivity index (χ2v) is 8.78. The third kappa shape index (κ3) is 4.05. The van der Waals surface area contributed by atoms with E-state index in [1.54, 1.807) is 33.9 Å². The molecule has 0 bridgehead atoms. The van der Waals surface area contributed by atoms with Gasteiger partial charge in [-0.25, -0.2) is 13.9 Å². The number of carbonyl (C=O) groups excluding carboxylic acids is 1. The number of aromatic nitrogens is 5. The molecule has 4 aromatic rings. The number of halogens is 2. The number of carbonyl (C=O) groups is 1. The number of rotatable bonds is 5. The number of aryl methyl sites for hydroxylation is 2. The van der Waals surface area contributed by atoms with Crippen LogP contribution in [0.5, 0.6) is 0 Å². The molecule has 0 saturated carbocycles. The van der Waals surface area contributed by atoms with Gasteiger partial charge in [-0.15, -0.1) is 0 Å². The highest BCUT2D eigenvalue weighted by atomic mass is 35.5. The number of nitrogens with zero attached hydrogens (tertiary/aromatic N) is 7. The highest BCUT2D eigenvalue weighted by Crippen LogP contribution is 2.25. The van der Waals surface area contributed by atoms with E-state index in [1.807, 2.05) is 30.8 Å². The van der Waals surface area contributed by atoms with E-state index in [4.69, 9.17) is 11.6 Å². The van der Waals surface area contributed by atoms with Crippen LogP contribution in [0.1, 0.15) is 28.5 Å². The van der Waals surface area contributed by atoms with Crippen molar-refractivity contribution in [1.29, 1.82) is 0 Å². The number of benzene rings is 1. The Bertz CT molecular complexity index is 1340. The monoisotopic (exact) mass is 481 g/mol. The Morgan fingerprint density at radius 3 is 2.68 bits per heavy atom. The summed E-state index contributed by atoms with van der Waals surface area (Å²) >= 11 is 6.17. The fourth-order valence-electron chi connectivity index (χ4n) is 4.36. The predicted molar refractivity (Wildman–Crippen MR) is 127 cm³/mol. The lowest BCUT2D eigenvalue weighted by molar-refractivity contribution is 0.0628. The molecule has 5 rings (SSSR count). The van der Waals surface area contributed by atoms with E-state index in [-0.39, 0.29) is 11.7 Å². The van der Waals surface area contributed by atoms with Gasteiger partial charge >= 0.3 is 0 Å². The molecule has 1 amide bonds. The number of amides is 1. The van der Waals surface area contributed by atoms with Crippen LogP contribution in [-0.2, 0) is 13.1 Å². The van der Waals surface area contributed by atoms with Gasteiger partial charge in [0, 0.05) is 67.8 Å². The van der Waals surface area contributed by atoms with Gasteiger partial charge in [0.1, 0.15) is 11.4 Å². The maximum atomic E-state index is 14.1. The van der Waals surface area contributed by atoms with E-state index in [2.05, 4.69) is 20.1 Å². The molecule has 1 aliphatic heterocycles. The summed E-state index contributed by atoms with van der Waals surface area (Å²) in [4.78, 5) is 21.7. The van der Waals surface area contributed by atoms with Crippen molar-refractivity contribution in [1.82, 2.24) is 34.2 Å². The van der Waals surface area contributed by atoms with Crippen LogP contribution in [-0.4, -0.2) is 66.3 Å². The fraction of sp³-hybridized carbons (Fsp3) is 0.333. The van der Waals surface area contributed by atoms with Crippen LogP contribution in [0.2, 0.25) is 5.02 Å². The average Bonchev–Trinajstić information content (AvgIpc) is 3.45. The minimum atomic E-state index is -0.307. The highest BCUT2D eigenvalue weighted by molar-refractivity contribution is 6.31. The molecule has 8 nitrogen and oxygen atoms in total. The average molecular weight is 482 g/mol. The summed E-state index contributed by atoms with van der Waals surface area (Å²) in [6, 6.07) is 6.60. The molecule has 1 saturated heterocycles. The second-order valence-electron chi connectivity index (χ2n) is 8.38. The normalized spacial score (nSPS) is 14.8. The van der Waals surface area contributed by atoms with Crippen molar-refractivity contribution in [2.45, 2.75) is 26.9 Å². The quantitative estimate of drug-likeness (QED) is 0.435. The lowest BCUT2D eigenvalue weighted by Gasteiger charge is -2.34. The predicted octanol–water partition coefficient (Wildman–Crippen LogP) is 3.67. The van der Waals surface area contributed by atoms with Crippen molar-refractivity contribution in [3.05, 3.63) is 70.5 Å². The van der Waals surface area contributed by atoms with Crippen molar-refractivity contribution in [2.24, 2.45) is 0 Å². The SMILES string of the molecule is CCn1cc(-c2ccnc3c(C(=O)N4CCN(Cc5c(F)cccc5Cl)CC4)cnn23)c(C)n1. The number of fused-ring (bicyclic) bond motifs is 1. The molecule has 0 aliphatic carbocycles. The molecule has 4 heterocycles. The zero-order chi connectivity index (χ0) is 23.8. The maximum absolute atomic E-state index is 14.1. The summed E-state index contributed by atoms with van der Waals surface area (Å²) in [7, 11) is 0. The third-order valence-corrected chi connectivity index (χ3v) is 6.63. The molecule has 0 atom stereocenters. The molecule has 34 heavy (non-hydrogen) atoms. The van der Waals surface area contributed by atoms with Crippen molar-refractivity contribution in [2.75, 3.05) is 26.2 Å². The summed E-state index contributed by atoms with van der Waals surface area (Å²) in [6.07, 6.45) is 5.26. The van der Waals surface area contributed by atoms with Crippen molar-refractivity contribution >= 4 is 23.2 Å². The minimum absolute atomic E-state index is 0.107. The Morgan fingerprint density at radius 2 is 1.97 bits per heavy atom. The first-order valence-electron chi connectivity index (χ1n) is 11.3. The number of piperazine rings is 1. The van der Waals surface area contributed by atoms with Crippen LogP contribution >= 0.6 is 11.6 Å². The van der Waals surface area contributed by atoms with Gasteiger partial charge in [-0.1, -0.05) is 17.7 Å². The van der Waals surface area contributed by atoms with E-state index in [1.165, 1.54) is 6.07 Å². The summed E-state index contributed by atoms with van der Waals surface area (Å²) < 4.78 is 17.7. The van der Waals surface area contributed by atoms with Crippen LogP contribution in [0.4, 0.5) is 4.39 Å². The van der Waals surface area contributed by atoms with E-state index in [0.29, 0.717) is 54.5 Å². The summed E-state index contributed by atoms with van der Waals surface area (Å²) in [5.41, 5.74) is 4.16. The second kappa shape index (κ2) is 9.15. The standard InChI is InChI=1S/C24H25ClFN7O/c1-3-32-15-18(16(2)29-32)22-7-8-27-23-17(13-28-33(22)23)24(34)31-11-9-30(10-12-31)14-19-20(25)5-4-6-21(19)26/h4-8,13,15H,3,9-12,14H2,1-2H3. The van der Waals surface area contributed by atoms with Crippen LogP contribution in [0.25, 0.3) is 16.9 Å². The summed E-state index contributed by atoms with van der Waals surface area (Å²) in [5.74, 6) is -0.414. The van der Waals surface area contributed by atoms with E-state index in [9.17, 15) is 9.18 Å². The molecule has 1 fully saturated rings. The highest BCUT2D eigenvalue weighted by Gasteiger charge is 2.26. The largest absolute Gasteiger partial charge is 0.336 e. The Balaban J connectivity index is 1.33. The smallest absolute Gasteiger partial charge is 0.259 e. The third-order valence-electron chi connectivity index (χ3n) is 6.28. The van der Waals surface area contributed by atoms with Gasteiger partial charge in [-0.2, -0.15) is 10.2 Å². The fourth-order valence-corrected chi connectivity index (χ4v) is 4.59. The van der Waals surface area contributed by atoms with Crippen LogP contribution < -0.4 is 0 Å². The molecule has 1 aromatic carbocycles. The number of hydrogen-bond acceptors (Lipinski definition) is 5. The van der Waals surface area contributed by atoms with Gasteiger partial charge in [0.25, 0.3) is 5.91 Å². The van der Waals surface area contributed by atoms with Gasteiger partial charge in [-0.3, -0.25) is 14.4 Å². The minimum Gasteiger partial charge on any atom is -0.336 e. The van der Waals surface area contributed by atoms with Gasteiger partial charge in [0.2, 0.25) is 0 Å². The molecule has 0 N–H and O–H groups in total. The van der Waals surface area contributed by atoms with Gasteiger partial charge in [0.05, 0.1) is 17.6 Å². The van der Waals surface area contributed by atoms with E-state index >= 15 is 0 Å². The Hall–Kier alpha value is -3.30. The Kier molecular flexibility index (Phi) is 6.05. The van der Waals surface area contributed by atoms with Gasteiger partial charge in [-0.05, 0) is 32.0 Å². The molecule has 0 spiro atoms. The maximum Gasteiger partial charge on any atom is 0.259 e. The van der Waals surface area contributed by atoms with Crippen molar-refractivity contribution < 1.29 is 9.18 Å². The first-order chi connectivity index (χ1) is 16.5. The van der Waals surface area contributed by atoms with Gasteiger partial charge < -0.3 is 4.90 Å². The van der Waals surface area contributed by atoms with E-state index in [0.717, 1.165) is 23.5 Å². The molecule has 0 radical (unpaired) electrons. The molecule has 176 valence electrons. The van der Waals surface area contributed by atoms with Crippen LogP contribution in [0, 0.1) is 12.7 Å². The number of hydrogen-bond donors (Lipinski definition) is 0. The molecular weight excluding hydrogens is 457 g/mol. The zero-order valence-electron chi connectivity index (χ0n) is 19.1. The van der Waals surface area contributed by atoms with Crippen LogP contribution in [0.3, 0.4) is 0 Å². The summed E-state index contributed by atoms with van der Waals surface area (Å²) in [6.45, 7) is 7.50. The van der Waals surface area contributed by atoms with E-state index < -0.39 is 0 Å². The molecule has 3 aromatic heterocycles. The van der Waals surface area contributed by atoms with Gasteiger partial charge in [0.15, 0.2) is 5.65 Å². The first kappa shape index (κ1) is 22.5. The Morgan fingerprint density at radius 1 is 1.18 bits per heavy atom. The lowest BCUT2D eigenvalue weighted by atomic mass is 10.1. The van der Waals surface area contributed by atoms with Crippen molar-refractivity contribution in [3.63, 3.8) is 0 Å². The molecule has 10 heteroatoms. The molecule has 1 aliphatic rings. The van der Waals surface area contributed by atoms with Crippen LogP contribution in [0.15, 0.2) is 42.9 Å². The molecule has 0 unspecified atom stereocenters. The molecular formula is C24H25ClFN7O. The lowest BCUT2D eigenvalue weighted by Crippen LogP contribution is -2.48. The zero-order valence-corrected chi connectivity index (χ0v) is 19.8. The first-order valence-corrected chi connectivity index (χ1v) is 11.7. The topological polar surface area (TPSA) is 71.6 Å². The van der Waals surface area contributed by atoms with Crippen molar-refractivity contribution in [3.8, 4) is 11.3 Å². The Labute approximate surface area is 201 Å². The summed E-state index contributed by atoms with van der Waals surface area (Å²) in [5, 5.41) is 9.42.